The second kappa shape index (κ2) is 6.93. The van der Waals surface area contributed by atoms with Crippen LogP contribution < -0.4 is 0 Å². The second-order valence-corrected chi connectivity index (χ2v) is 7.97. The molecule has 1 fully saturated rings. The van der Waals surface area contributed by atoms with Crippen LogP contribution in [0.5, 0.6) is 0 Å². The molecule has 7 heteroatoms. The molecule has 0 atom stereocenters. The van der Waals surface area contributed by atoms with E-state index in [-0.39, 0.29) is 4.90 Å². The summed E-state index contributed by atoms with van der Waals surface area (Å²) in [7, 11) is -3.84. The molecule has 0 amide bonds. The number of carboxylic acid groups (broad SMARTS) is 1. The third-order valence-electron chi connectivity index (χ3n) is 4.53. The molecule has 25 heavy (non-hydrogen) atoms. The number of carboxylic acids is 1. The van der Waals surface area contributed by atoms with E-state index in [1.165, 1.54) is 9.87 Å². The van der Waals surface area contributed by atoms with Crippen LogP contribution >= 0.6 is 0 Å². The van der Waals surface area contributed by atoms with E-state index in [0.29, 0.717) is 31.8 Å². The Hall–Kier alpha value is -2.25. The Kier molecular flexibility index (Phi) is 4.87. The van der Waals surface area contributed by atoms with Crippen molar-refractivity contribution in [2.75, 3.05) is 13.1 Å². The fraction of sp³-hybridized carbons (Fsp3) is 0.278. The van der Waals surface area contributed by atoms with Crippen LogP contribution in [-0.2, 0) is 10.0 Å². The lowest BCUT2D eigenvalue weighted by Crippen LogP contribution is -2.38. The van der Waals surface area contributed by atoms with Crippen LogP contribution in [0.25, 0.3) is 0 Å². The van der Waals surface area contributed by atoms with Gasteiger partial charge in [-0.25, -0.2) is 17.6 Å². The van der Waals surface area contributed by atoms with Crippen molar-refractivity contribution in [1.82, 2.24) is 4.31 Å². The number of aromatic carboxylic acids is 1. The zero-order chi connectivity index (χ0) is 18.0. The Balaban J connectivity index is 1.78. The van der Waals surface area contributed by atoms with Crippen molar-refractivity contribution in [3.63, 3.8) is 0 Å². The molecule has 0 aromatic heterocycles. The molecule has 1 heterocycles. The predicted octanol–water partition coefficient (Wildman–Crippen LogP) is 3.09. The minimum Gasteiger partial charge on any atom is -0.478 e. The number of piperidine rings is 1. The Morgan fingerprint density at radius 2 is 1.72 bits per heavy atom. The summed E-state index contributed by atoms with van der Waals surface area (Å²) in [5, 5.41) is 8.98. The summed E-state index contributed by atoms with van der Waals surface area (Å²) in [6, 6.07) is 12.8. The zero-order valence-electron chi connectivity index (χ0n) is 13.4. The normalized spacial score (nSPS) is 16.7. The number of nitrogens with zero attached hydrogens (tertiary/aromatic N) is 1. The van der Waals surface area contributed by atoms with Crippen molar-refractivity contribution < 1.29 is 22.7 Å². The largest absolute Gasteiger partial charge is 0.478 e. The lowest BCUT2D eigenvalue weighted by molar-refractivity contribution is 0.0691. The van der Waals surface area contributed by atoms with Crippen LogP contribution in [0.3, 0.4) is 0 Å². The lowest BCUT2D eigenvalue weighted by atomic mass is 9.90. The van der Waals surface area contributed by atoms with Crippen molar-refractivity contribution in [2.24, 2.45) is 0 Å². The van der Waals surface area contributed by atoms with E-state index >= 15 is 0 Å². The number of sulfonamides is 1. The quantitative estimate of drug-likeness (QED) is 0.906. The summed E-state index contributed by atoms with van der Waals surface area (Å²) < 4.78 is 40.3. The summed E-state index contributed by atoms with van der Waals surface area (Å²) >= 11 is 0. The van der Waals surface area contributed by atoms with Gasteiger partial charge in [0.05, 0.1) is 10.5 Å². The van der Waals surface area contributed by atoms with Crippen molar-refractivity contribution >= 4 is 16.0 Å². The zero-order valence-corrected chi connectivity index (χ0v) is 14.2. The van der Waals surface area contributed by atoms with Gasteiger partial charge >= 0.3 is 5.97 Å². The summed E-state index contributed by atoms with van der Waals surface area (Å²) in [5.74, 6) is -2.14. The molecule has 2 aromatic rings. The van der Waals surface area contributed by atoms with Crippen LogP contribution in [0.4, 0.5) is 4.39 Å². The third kappa shape index (κ3) is 3.57. The molecule has 1 aliphatic rings. The van der Waals surface area contributed by atoms with Gasteiger partial charge in [0.1, 0.15) is 5.82 Å². The van der Waals surface area contributed by atoms with Gasteiger partial charge < -0.3 is 5.11 Å². The van der Waals surface area contributed by atoms with Crippen LogP contribution in [0.1, 0.15) is 34.7 Å². The lowest BCUT2D eigenvalue weighted by Gasteiger charge is -2.31. The Morgan fingerprint density at radius 1 is 1.08 bits per heavy atom. The number of hydrogen-bond donors (Lipinski definition) is 1. The highest BCUT2D eigenvalue weighted by Gasteiger charge is 2.30. The first-order chi connectivity index (χ1) is 11.9. The molecule has 0 unspecified atom stereocenters. The van der Waals surface area contributed by atoms with E-state index in [1.807, 2.05) is 30.3 Å². The van der Waals surface area contributed by atoms with E-state index in [1.54, 1.807) is 0 Å². The van der Waals surface area contributed by atoms with Gasteiger partial charge in [0.15, 0.2) is 0 Å². The first-order valence-electron chi connectivity index (χ1n) is 7.97. The number of benzene rings is 2. The van der Waals surface area contributed by atoms with Crippen molar-refractivity contribution in [1.29, 1.82) is 0 Å². The van der Waals surface area contributed by atoms with Crippen molar-refractivity contribution in [2.45, 2.75) is 23.7 Å². The molecule has 1 N–H and O–H groups in total. The number of carbonyl (C=O) groups is 1. The fourth-order valence-electron chi connectivity index (χ4n) is 3.13. The second-order valence-electron chi connectivity index (χ2n) is 6.04. The number of hydrogen-bond acceptors (Lipinski definition) is 3. The summed E-state index contributed by atoms with van der Waals surface area (Å²) in [5.41, 5.74) is 0.551. The molecular weight excluding hydrogens is 345 g/mol. The smallest absolute Gasteiger partial charge is 0.338 e. The van der Waals surface area contributed by atoms with Crippen molar-refractivity contribution in [3.05, 3.63) is 65.5 Å². The molecule has 0 aliphatic carbocycles. The predicted molar refractivity (Wildman–Crippen MR) is 90.5 cm³/mol. The highest BCUT2D eigenvalue weighted by atomic mass is 32.2. The molecule has 132 valence electrons. The van der Waals surface area contributed by atoms with Gasteiger partial charge in [-0.15, -0.1) is 0 Å². The molecule has 5 nitrogen and oxygen atoms in total. The summed E-state index contributed by atoms with van der Waals surface area (Å²) in [4.78, 5) is 10.8. The SMILES string of the molecule is O=C(O)c1cc(S(=O)(=O)N2CCC(c3ccccc3)CC2)ccc1F. The highest BCUT2D eigenvalue weighted by Crippen LogP contribution is 2.30. The van der Waals surface area contributed by atoms with Gasteiger partial charge in [-0.3, -0.25) is 0 Å². The van der Waals surface area contributed by atoms with E-state index in [9.17, 15) is 17.6 Å². The molecule has 0 radical (unpaired) electrons. The number of halogens is 1. The van der Waals surface area contributed by atoms with E-state index in [0.717, 1.165) is 18.2 Å². The average Bonchev–Trinajstić information content (AvgIpc) is 2.62. The maximum Gasteiger partial charge on any atom is 0.338 e. The average molecular weight is 363 g/mol. The van der Waals surface area contributed by atoms with Gasteiger partial charge in [0.25, 0.3) is 0 Å². The molecule has 0 spiro atoms. The van der Waals surface area contributed by atoms with Crippen LogP contribution in [0.2, 0.25) is 0 Å². The van der Waals surface area contributed by atoms with Crippen LogP contribution in [0, 0.1) is 5.82 Å². The molecular formula is C18H18FNO4S. The first kappa shape index (κ1) is 17.6. The van der Waals surface area contributed by atoms with Gasteiger partial charge in [0, 0.05) is 13.1 Å². The third-order valence-corrected chi connectivity index (χ3v) is 6.43. The number of rotatable bonds is 4. The maximum absolute atomic E-state index is 13.5. The van der Waals surface area contributed by atoms with E-state index in [2.05, 4.69) is 0 Å². The molecule has 1 aliphatic heterocycles. The van der Waals surface area contributed by atoms with Crippen LogP contribution in [0.15, 0.2) is 53.4 Å². The first-order valence-corrected chi connectivity index (χ1v) is 9.41. The standard InChI is InChI=1S/C18H18FNO4S/c19-17-7-6-15(12-16(17)18(21)22)25(23,24)20-10-8-14(9-11-20)13-4-2-1-3-5-13/h1-7,12,14H,8-11H2,(H,21,22). The van der Waals surface area contributed by atoms with Gasteiger partial charge in [-0.05, 0) is 42.5 Å². The molecule has 0 bridgehead atoms. The topological polar surface area (TPSA) is 74.7 Å². The minimum atomic E-state index is -3.84. The molecule has 1 saturated heterocycles. The van der Waals surface area contributed by atoms with Crippen molar-refractivity contribution in [3.8, 4) is 0 Å². The Labute approximate surface area is 145 Å². The van der Waals surface area contributed by atoms with Gasteiger partial charge in [0.2, 0.25) is 10.0 Å². The van der Waals surface area contributed by atoms with Gasteiger partial charge in [-0.1, -0.05) is 30.3 Å². The monoisotopic (exact) mass is 363 g/mol. The maximum atomic E-state index is 13.5. The molecule has 2 aromatic carbocycles. The van der Waals surface area contributed by atoms with E-state index < -0.39 is 27.4 Å². The fourth-order valence-corrected chi connectivity index (χ4v) is 4.63. The minimum absolute atomic E-state index is 0.190. The van der Waals surface area contributed by atoms with Gasteiger partial charge in [-0.2, -0.15) is 4.31 Å². The molecule has 3 rings (SSSR count). The Bertz CT molecular complexity index is 875. The van der Waals surface area contributed by atoms with Crippen LogP contribution in [-0.4, -0.2) is 36.9 Å². The Morgan fingerprint density at radius 3 is 2.32 bits per heavy atom. The van der Waals surface area contributed by atoms with E-state index in [4.69, 9.17) is 5.11 Å². The highest BCUT2D eigenvalue weighted by molar-refractivity contribution is 7.89. The summed E-state index contributed by atoms with van der Waals surface area (Å²) in [6.07, 6.45) is 1.38. The summed E-state index contributed by atoms with van der Waals surface area (Å²) in [6.45, 7) is 0.698. The molecule has 0 saturated carbocycles.